The number of rotatable bonds is 6. The van der Waals surface area contributed by atoms with E-state index in [1.165, 1.54) is 8.61 Å². The lowest BCUT2D eigenvalue weighted by molar-refractivity contribution is 0.212. The van der Waals surface area contributed by atoms with E-state index in [0.29, 0.717) is 0 Å². The van der Waals surface area contributed by atoms with Crippen molar-refractivity contribution in [1.82, 2.24) is 8.61 Å². The predicted octanol–water partition coefficient (Wildman–Crippen LogP) is 2.67. The maximum Gasteiger partial charge on any atom is 0.218 e. The molecule has 0 bridgehead atoms. The third-order valence-electron chi connectivity index (χ3n) is 5.14. The quantitative estimate of drug-likeness (QED) is 0.698. The minimum atomic E-state index is -3.52. The SMILES string of the molecule is Cc1cccc(CS(=O)(=O)N2CCN(S(=O)(=O)Cc3cccc(C)c3)C(C)C2)c1. The average Bonchev–Trinajstić information content (AvgIpc) is 2.60. The molecule has 1 unspecified atom stereocenters. The van der Waals surface area contributed by atoms with E-state index >= 15 is 0 Å². The van der Waals surface area contributed by atoms with Gasteiger partial charge in [-0.2, -0.15) is 8.61 Å². The molecule has 0 aromatic heterocycles. The van der Waals surface area contributed by atoms with Gasteiger partial charge < -0.3 is 0 Å². The molecule has 1 aliphatic rings. The molecule has 1 atom stereocenters. The van der Waals surface area contributed by atoms with Gasteiger partial charge in [-0.25, -0.2) is 16.8 Å². The normalized spacial score (nSPS) is 19.3. The van der Waals surface area contributed by atoms with Crippen LogP contribution in [0.15, 0.2) is 48.5 Å². The van der Waals surface area contributed by atoms with Crippen LogP contribution in [0.3, 0.4) is 0 Å². The molecule has 3 rings (SSSR count). The first-order chi connectivity index (χ1) is 13.6. The van der Waals surface area contributed by atoms with E-state index in [4.69, 9.17) is 0 Å². The second-order valence-corrected chi connectivity index (χ2v) is 11.7. The monoisotopic (exact) mass is 436 g/mol. The van der Waals surface area contributed by atoms with E-state index in [2.05, 4.69) is 0 Å². The number of nitrogens with zero attached hydrogens (tertiary/aromatic N) is 2. The predicted molar refractivity (Wildman–Crippen MR) is 115 cm³/mol. The van der Waals surface area contributed by atoms with Crippen molar-refractivity contribution < 1.29 is 16.8 Å². The summed E-state index contributed by atoms with van der Waals surface area (Å²) >= 11 is 0. The van der Waals surface area contributed by atoms with Crippen LogP contribution < -0.4 is 0 Å². The lowest BCUT2D eigenvalue weighted by Gasteiger charge is -2.38. The largest absolute Gasteiger partial charge is 0.218 e. The van der Waals surface area contributed by atoms with Crippen LogP contribution in [-0.4, -0.2) is 51.1 Å². The minimum Gasteiger partial charge on any atom is -0.212 e. The Morgan fingerprint density at radius 1 is 0.828 bits per heavy atom. The van der Waals surface area contributed by atoms with Crippen molar-refractivity contribution in [1.29, 1.82) is 0 Å². The third kappa shape index (κ3) is 5.45. The van der Waals surface area contributed by atoms with Crippen molar-refractivity contribution in [3.05, 3.63) is 70.8 Å². The molecule has 158 valence electrons. The second kappa shape index (κ2) is 8.55. The molecule has 0 spiro atoms. The molecular formula is C21H28N2O4S2. The molecule has 2 aromatic carbocycles. The molecule has 0 N–H and O–H groups in total. The summed E-state index contributed by atoms with van der Waals surface area (Å²) in [6.07, 6.45) is 0. The smallest absolute Gasteiger partial charge is 0.212 e. The molecule has 1 saturated heterocycles. The maximum atomic E-state index is 12.9. The summed E-state index contributed by atoms with van der Waals surface area (Å²) < 4.78 is 54.4. The van der Waals surface area contributed by atoms with Gasteiger partial charge in [0.05, 0.1) is 11.5 Å². The molecule has 8 heteroatoms. The van der Waals surface area contributed by atoms with E-state index in [9.17, 15) is 16.8 Å². The van der Waals surface area contributed by atoms with Crippen LogP contribution >= 0.6 is 0 Å². The Morgan fingerprint density at radius 2 is 1.34 bits per heavy atom. The number of aryl methyl sites for hydroxylation is 2. The summed E-state index contributed by atoms with van der Waals surface area (Å²) in [5.41, 5.74) is 3.51. The van der Waals surface area contributed by atoms with Gasteiger partial charge in [-0.15, -0.1) is 0 Å². The standard InChI is InChI=1S/C21H28N2O4S2/c1-17-6-4-8-20(12-17)15-28(24,25)22-10-11-23(19(3)14-22)29(26,27)16-21-9-5-7-18(2)13-21/h4-9,12-13,19H,10-11,14-16H2,1-3H3. The van der Waals surface area contributed by atoms with Gasteiger partial charge in [0.25, 0.3) is 0 Å². The zero-order valence-corrected chi connectivity index (χ0v) is 18.7. The zero-order chi connectivity index (χ0) is 21.2. The first-order valence-electron chi connectivity index (χ1n) is 9.65. The Labute approximate surface area is 174 Å². The Morgan fingerprint density at radius 3 is 1.83 bits per heavy atom. The first kappa shape index (κ1) is 22.0. The average molecular weight is 437 g/mol. The molecule has 0 amide bonds. The Kier molecular flexibility index (Phi) is 6.48. The van der Waals surface area contributed by atoms with Gasteiger partial charge >= 0.3 is 0 Å². The van der Waals surface area contributed by atoms with E-state index in [-0.39, 0.29) is 31.1 Å². The Bertz CT molecular complexity index is 1080. The van der Waals surface area contributed by atoms with Gasteiger partial charge in [0.15, 0.2) is 0 Å². The first-order valence-corrected chi connectivity index (χ1v) is 12.9. The van der Waals surface area contributed by atoms with Gasteiger partial charge in [-0.3, -0.25) is 0 Å². The highest BCUT2D eigenvalue weighted by molar-refractivity contribution is 7.88. The van der Waals surface area contributed by atoms with E-state index in [0.717, 1.165) is 22.3 Å². The molecular weight excluding hydrogens is 408 g/mol. The molecule has 0 saturated carbocycles. The van der Waals surface area contributed by atoms with Crippen molar-refractivity contribution in [2.45, 2.75) is 38.3 Å². The molecule has 29 heavy (non-hydrogen) atoms. The second-order valence-electron chi connectivity index (χ2n) is 7.81. The number of piperazine rings is 1. The van der Waals surface area contributed by atoms with Gasteiger partial charge in [0.1, 0.15) is 0 Å². The summed E-state index contributed by atoms with van der Waals surface area (Å²) in [4.78, 5) is 0. The van der Waals surface area contributed by atoms with Crippen LogP contribution in [0.2, 0.25) is 0 Å². The summed E-state index contributed by atoms with van der Waals surface area (Å²) in [5, 5.41) is 0. The fraction of sp³-hybridized carbons (Fsp3) is 0.429. The fourth-order valence-corrected chi connectivity index (χ4v) is 7.10. The highest BCUT2D eigenvalue weighted by Crippen LogP contribution is 2.22. The lowest BCUT2D eigenvalue weighted by Crippen LogP contribution is -2.55. The van der Waals surface area contributed by atoms with Crippen molar-refractivity contribution in [3.8, 4) is 0 Å². The highest BCUT2D eigenvalue weighted by Gasteiger charge is 2.36. The molecule has 1 heterocycles. The van der Waals surface area contributed by atoms with Gasteiger partial charge in [0, 0.05) is 25.7 Å². The van der Waals surface area contributed by atoms with Crippen molar-refractivity contribution in [3.63, 3.8) is 0 Å². The molecule has 2 aromatic rings. The van der Waals surface area contributed by atoms with Crippen LogP contribution in [0.1, 0.15) is 29.2 Å². The Balaban J connectivity index is 1.69. The van der Waals surface area contributed by atoms with Crippen LogP contribution in [0.4, 0.5) is 0 Å². The minimum absolute atomic E-state index is 0.0720. The molecule has 1 aliphatic heterocycles. The van der Waals surface area contributed by atoms with Crippen LogP contribution in [0.25, 0.3) is 0 Å². The van der Waals surface area contributed by atoms with Gasteiger partial charge in [-0.05, 0) is 31.9 Å². The van der Waals surface area contributed by atoms with Gasteiger partial charge in [0.2, 0.25) is 20.0 Å². The highest BCUT2D eigenvalue weighted by atomic mass is 32.2. The number of benzene rings is 2. The summed E-state index contributed by atoms with van der Waals surface area (Å²) in [6.45, 7) is 6.13. The maximum absolute atomic E-state index is 12.9. The zero-order valence-electron chi connectivity index (χ0n) is 17.1. The summed E-state index contributed by atoms with van der Waals surface area (Å²) in [7, 11) is -7.03. The van der Waals surface area contributed by atoms with Crippen molar-refractivity contribution in [2.75, 3.05) is 19.6 Å². The van der Waals surface area contributed by atoms with Crippen molar-refractivity contribution >= 4 is 20.0 Å². The van der Waals surface area contributed by atoms with Crippen molar-refractivity contribution in [2.24, 2.45) is 0 Å². The molecule has 0 radical (unpaired) electrons. The lowest BCUT2D eigenvalue weighted by atomic mass is 10.2. The van der Waals surface area contributed by atoms with Crippen LogP contribution in [-0.2, 0) is 31.6 Å². The summed E-state index contributed by atoms with van der Waals surface area (Å²) in [6, 6.07) is 14.5. The molecule has 0 aliphatic carbocycles. The molecule has 1 fully saturated rings. The Hall–Kier alpha value is -1.74. The number of hydrogen-bond donors (Lipinski definition) is 0. The van der Waals surface area contributed by atoms with E-state index in [1.54, 1.807) is 19.1 Å². The molecule has 6 nitrogen and oxygen atoms in total. The topological polar surface area (TPSA) is 74.8 Å². The fourth-order valence-electron chi connectivity index (χ4n) is 3.77. The van der Waals surface area contributed by atoms with Crippen LogP contribution in [0, 0.1) is 13.8 Å². The number of hydrogen-bond acceptors (Lipinski definition) is 4. The van der Waals surface area contributed by atoms with Crippen LogP contribution in [0.5, 0.6) is 0 Å². The summed E-state index contributed by atoms with van der Waals surface area (Å²) in [5.74, 6) is -0.146. The number of sulfonamides is 2. The van der Waals surface area contributed by atoms with E-state index < -0.39 is 26.1 Å². The van der Waals surface area contributed by atoms with Gasteiger partial charge in [-0.1, -0.05) is 59.7 Å². The van der Waals surface area contributed by atoms with E-state index in [1.807, 2.05) is 50.2 Å². The third-order valence-corrected chi connectivity index (χ3v) is 8.91.